The molecule has 2 aromatic rings. The van der Waals surface area contributed by atoms with Crippen LogP contribution in [0.4, 0.5) is 0 Å². The average Bonchev–Trinajstić information content (AvgIpc) is 2.64. The summed E-state index contributed by atoms with van der Waals surface area (Å²) in [7, 11) is 0. The third kappa shape index (κ3) is 6.52. The highest BCUT2D eigenvalue weighted by Gasteiger charge is 2.28. The van der Waals surface area contributed by atoms with Gasteiger partial charge in [0.25, 0.3) is 0 Å². The van der Waals surface area contributed by atoms with Gasteiger partial charge in [-0.05, 0) is 57.7 Å². The lowest BCUT2D eigenvalue weighted by atomic mass is 10.0. The molecule has 1 atom stereocenters. The number of hydrogen-bond donors (Lipinski definition) is 1. The number of rotatable bonds is 7. The summed E-state index contributed by atoms with van der Waals surface area (Å²) in [5.74, 6) is -0.141. The standard InChI is InChI=1S/C24H32N2O2/c1-18-11-9-10-14-21(18)17-26(19(2)23(28)25-24(3,4)5)22(27)16-15-20-12-7-6-8-13-20/h6-14,19H,15-17H2,1-5H3,(H,25,28)/t19-/m1/s1. The van der Waals surface area contributed by atoms with Crippen LogP contribution < -0.4 is 5.32 Å². The van der Waals surface area contributed by atoms with Gasteiger partial charge >= 0.3 is 0 Å². The minimum absolute atomic E-state index is 0.0105. The molecule has 28 heavy (non-hydrogen) atoms. The van der Waals surface area contributed by atoms with E-state index >= 15 is 0 Å². The molecule has 0 saturated carbocycles. The second-order valence-electron chi connectivity index (χ2n) is 8.35. The molecule has 2 rings (SSSR count). The average molecular weight is 381 g/mol. The molecule has 4 heteroatoms. The molecule has 2 amide bonds. The fraction of sp³-hybridized carbons (Fsp3) is 0.417. The third-order valence-corrected chi connectivity index (χ3v) is 4.74. The van der Waals surface area contributed by atoms with E-state index in [0.29, 0.717) is 19.4 Å². The molecule has 2 aromatic carbocycles. The maximum Gasteiger partial charge on any atom is 0.242 e. The van der Waals surface area contributed by atoms with Crippen molar-refractivity contribution in [2.24, 2.45) is 0 Å². The first kappa shape index (κ1) is 21.7. The summed E-state index contributed by atoms with van der Waals surface area (Å²) in [5.41, 5.74) is 2.96. The normalized spacial score (nSPS) is 12.3. The van der Waals surface area contributed by atoms with Gasteiger partial charge in [0.15, 0.2) is 0 Å². The van der Waals surface area contributed by atoms with Crippen LogP contribution in [0.1, 0.15) is 50.8 Å². The molecular weight excluding hydrogens is 348 g/mol. The van der Waals surface area contributed by atoms with E-state index in [1.165, 1.54) is 0 Å². The largest absolute Gasteiger partial charge is 0.350 e. The molecule has 0 radical (unpaired) electrons. The molecule has 150 valence electrons. The van der Waals surface area contributed by atoms with Crippen molar-refractivity contribution in [2.45, 2.75) is 65.6 Å². The second kappa shape index (κ2) is 9.54. The Bertz CT molecular complexity index is 794. The van der Waals surface area contributed by atoms with E-state index in [4.69, 9.17) is 0 Å². The minimum Gasteiger partial charge on any atom is -0.350 e. The Balaban J connectivity index is 2.18. The Hall–Kier alpha value is -2.62. The first-order chi connectivity index (χ1) is 13.2. The second-order valence-corrected chi connectivity index (χ2v) is 8.35. The number of nitrogens with zero attached hydrogens (tertiary/aromatic N) is 1. The molecule has 0 unspecified atom stereocenters. The molecule has 4 nitrogen and oxygen atoms in total. The smallest absolute Gasteiger partial charge is 0.242 e. The Morgan fingerprint density at radius 2 is 1.61 bits per heavy atom. The van der Waals surface area contributed by atoms with Crippen LogP contribution in [0.15, 0.2) is 54.6 Å². The first-order valence-electron chi connectivity index (χ1n) is 9.87. The van der Waals surface area contributed by atoms with Gasteiger partial charge in [0, 0.05) is 18.5 Å². The van der Waals surface area contributed by atoms with Gasteiger partial charge in [0.05, 0.1) is 0 Å². The van der Waals surface area contributed by atoms with Crippen molar-refractivity contribution in [2.75, 3.05) is 0 Å². The van der Waals surface area contributed by atoms with Crippen molar-refractivity contribution in [3.63, 3.8) is 0 Å². The van der Waals surface area contributed by atoms with Gasteiger partial charge in [-0.25, -0.2) is 0 Å². The molecule has 0 bridgehead atoms. The zero-order valence-electron chi connectivity index (χ0n) is 17.7. The summed E-state index contributed by atoms with van der Waals surface area (Å²) in [5, 5.41) is 3.00. The van der Waals surface area contributed by atoms with E-state index in [0.717, 1.165) is 16.7 Å². The molecule has 0 aromatic heterocycles. The van der Waals surface area contributed by atoms with Crippen LogP contribution in [-0.2, 0) is 22.6 Å². The van der Waals surface area contributed by atoms with E-state index in [2.05, 4.69) is 5.32 Å². The Kier molecular flexibility index (Phi) is 7.38. The predicted molar refractivity (Wildman–Crippen MR) is 114 cm³/mol. The zero-order valence-corrected chi connectivity index (χ0v) is 17.7. The van der Waals surface area contributed by atoms with Gasteiger partial charge in [-0.2, -0.15) is 0 Å². The third-order valence-electron chi connectivity index (χ3n) is 4.74. The Labute approximate surface area is 169 Å². The van der Waals surface area contributed by atoms with Gasteiger partial charge in [0.1, 0.15) is 6.04 Å². The SMILES string of the molecule is Cc1ccccc1CN(C(=O)CCc1ccccc1)[C@H](C)C(=O)NC(C)(C)C. The van der Waals surface area contributed by atoms with Crippen LogP contribution in [0.3, 0.4) is 0 Å². The van der Waals surface area contributed by atoms with Gasteiger partial charge in [-0.3, -0.25) is 9.59 Å². The lowest BCUT2D eigenvalue weighted by molar-refractivity contribution is -0.141. The van der Waals surface area contributed by atoms with E-state index in [9.17, 15) is 9.59 Å². The van der Waals surface area contributed by atoms with E-state index in [1.807, 2.05) is 82.3 Å². The van der Waals surface area contributed by atoms with Gasteiger partial charge in [-0.1, -0.05) is 54.6 Å². The predicted octanol–water partition coefficient (Wildman–Crippen LogP) is 4.26. The zero-order chi connectivity index (χ0) is 20.7. The summed E-state index contributed by atoms with van der Waals surface area (Å²) in [4.78, 5) is 27.5. The molecule has 1 N–H and O–H groups in total. The van der Waals surface area contributed by atoms with Crippen molar-refractivity contribution in [3.8, 4) is 0 Å². The Morgan fingerprint density at radius 3 is 2.21 bits per heavy atom. The number of aryl methyl sites for hydroxylation is 2. The number of hydrogen-bond acceptors (Lipinski definition) is 2. The lowest BCUT2D eigenvalue weighted by Gasteiger charge is -2.32. The molecule has 0 heterocycles. The van der Waals surface area contributed by atoms with Crippen molar-refractivity contribution in [1.29, 1.82) is 0 Å². The molecular formula is C24H32N2O2. The van der Waals surface area contributed by atoms with Crippen LogP contribution in [0.2, 0.25) is 0 Å². The highest BCUT2D eigenvalue weighted by molar-refractivity contribution is 5.87. The highest BCUT2D eigenvalue weighted by Crippen LogP contribution is 2.16. The molecule has 0 aliphatic carbocycles. The van der Waals surface area contributed by atoms with E-state index in [1.54, 1.807) is 11.8 Å². The summed E-state index contributed by atoms with van der Waals surface area (Å²) >= 11 is 0. The maximum atomic E-state index is 13.1. The van der Waals surface area contributed by atoms with Gasteiger partial charge in [-0.15, -0.1) is 0 Å². The first-order valence-corrected chi connectivity index (χ1v) is 9.87. The van der Waals surface area contributed by atoms with Crippen LogP contribution >= 0.6 is 0 Å². The minimum atomic E-state index is -0.540. The molecule has 0 aliphatic rings. The van der Waals surface area contributed by atoms with Crippen molar-refractivity contribution in [1.82, 2.24) is 10.2 Å². The van der Waals surface area contributed by atoms with E-state index in [-0.39, 0.29) is 17.4 Å². The van der Waals surface area contributed by atoms with E-state index < -0.39 is 6.04 Å². The topological polar surface area (TPSA) is 49.4 Å². The lowest BCUT2D eigenvalue weighted by Crippen LogP contribution is -2.52. The molecule has 0 saturated heterocycles. The number of carbonyl (C=O) groups is 2. The number of benzene rings is 2. The number of nitrogens with one attached hydrogen (secondary N) is 1. The van der Waals surface area contributed by atoms with Gasteiger partial charge < -0.3 is 10.2 Å². The molecule has 0 aliphatic heterocycles. The summed E-state index contributed by atoms with van der Waals surface area (Å²) in [6.45, 7) is 10.1. The highest BCUT2D eigenvalue weighted by atomic mass is 16.2. The summed E-state index contributed by atoms with van der Waals surface area (Å²) in [6.07, 6.45) is 1.04. The summed E-state index contributed by atoms with van der Waals surface area (Å²) in [6, 6.07) is 17.4. The van der Waals surface area contributed by atoms with Crippen molar-refractivity contribution >= 4 is 11.8 Å². The van der Waals surface area contributed by atoms with Crippen LogP contribution in [0.5, 0.6) is 0 Å². The number of carbonyl (C=O) groups excluding carboxylic acids is 2. The van der Waals surface area contributed by atoms with Crippen LogP contribution in [0.25, 0.3) is 0 Å². The number of amides is 2. The van der Waals surface area contributed by atoms with Crippen molar-refractivity contribution < 1.29 is 9.59 Å². The quantitative estimate of drug-likeness (QED) is 0.780. The molecule has 0 spiro atoms. The summed E-state index contributed by atoms with van der Waals surface area (Å²) < 4.78 is 0. The van der Waals surface area contributed by atoms with Gasteiger partial charge in [0.2, 0.25) is 11.8 Å². The van der Waals surface area contributed by atoms with Crippen molar-refractivity contribution in [3.05, 3.63) is 71.3 Å². The fourth-order valence-corrected chi connectivity index (χ4v) is 3.07. The van der Waals surface area contributed by atoms with Crippen LogP contribution in [0, 0.1) is 6.92 Å². The fourth-order valence-electron chi connectivity index (χ4n) is 3.07. The molecule has 0 fully saturated rings. The Morgan fingerprint density at radius 1 is 1.00 bits per heavy atom. The van der Waals surface area contributed by atoms with Crippen LogP contribution in [-0.4, -0.2) is 28.3 Å². The monoisotopic (exact) mass is 380 g/mol. The maximum absolute atomic E-state index is 13.1.